The molecule has 1 N–H and O–H groups in total. The van der Waals surface area contributed by atoms with E-state index in [2.05, 4.69) is 4.98 Å². The van der Waals surface area contributed by atoms with Crippen LogP contribution in [0.1, 0.15) is 10.7 Å². The topological polar surface area (TPSA) is 50.2 Å². The third-order valence-electron chi connectivity index (χ3n) is 1.02. The Morgan fingerprint density at radius 3 is 3.10 bits per heavy atom. The number of thiazole rings is 1. The Kier molecular flexibility index (Phi) is 2.53. The van der Waals surface area contributed by atoms with Gasteiger partial charge in [-0.2, -0.15) is 0 Å². The van der Waals surface area contributed by atoms with Crippen molar-refractivity contribution in [1.29, 1.82) is 0 Å². The SMILES string of the molecule is O=CCc1nc(CO)cs1. The predicted molar refractivity (Wildman–Crippen MR) is 37.8 cm³/mol. The maximum atomic E-state index is 9.98. The van der Waals surface area contributed by atoms with Crippen LogP contribution in [0.5, 0.6) is 0 Å². The molecule has 0 aliphatic rings. The molecule has 0 saturated carbocycles. The fraction of sp³-hybridized carbons (Fsp3) is 0.333. The van der Waals surface area contributed by atoms with Crippen LogP contribution in [0, 0.1) is 0 Å². The number of aldehydes is 1. The van der Waals surface area contributed by atoms with Gasteiger partial charge in [0.05, 0.1) is 23.7 Å². The normalized spacial score (nSPS) is 9.70. The minimum Gasteiger partial charge on any atom is -0.390 e. The molecule has 0 aromatic carbocycles. The smallest absolute Gasteiger partial charge is 0.126 e. The van der Waals surface area contributed by atoms with E-state index >= 15 is 0 Å². The molecular formula is C6H7NO2S. The van der Waals surface area contributed by atoms with Gasteiger partial charge < -0.3 is 9.90 Å². The van der Waals surface area contributed by atoms with Crippen molar-refractivity contribution in [3.05, 3.63) is 16.1 Å². The third-order valence-corrected chi connectivity index (χ3v) is 1.94. The van der Waals surface area contributed by atoms with Crippen molar-refractivity contribution in [2.45, 2.75) is 13.0 Å². The largest absolute Gasteiger partial charge is 0.390 e. The molecule has 10 heavy (non-hydrogen) atoms. The Labute approximate surface area is 62.3 Å². The van der Waals surface area contributed by atoms with Crippen molar-refractivity contribution in [2.75, 3.05) is 0 Å². The van der Waals surface area contributed by atoms with Crippen LogP contribution in [0.15, 0.2) is 5.38 Å². The molecule has 0 radical (unpaired) electrons. The second-order valence-electron chi connectivity index (χ2n) is 1.76. The molecule has 4 heteroatoms. The van der Waals surface area contributed by atoms with Gasteiger partial charge in [-0.25, -0.2) is 4.98 Å². The van der Waals surface area contributed by atoms with Crippen LogP contribution in [0.2, 0.25) is 0 Å². The maximum absolute atomic E-state index is 9.98. The monoisotopic (exact) mass is 157 g/mol. The van der Waals surface area contributed by atoms with Gasteiger partial charge in [0, 0.05) is 5.38 Å². The number of rotatable bonds is 3. The molecule has 0 amide bonds. The standard InChI is InChI=1S/C6H7NO2S/c8-2-1-6-7-5(3-9)4-10-6/h2,4,9H,1,3H2. The molecular weight excluding hydrogens is 150 g/mol. The third kappa shape index (κ3) is 1.62. The summed E-state index contributed by atoms with van der Waals surface area (Å²) in [5.41, 5.74) is 0.641. The van der Waals surface area contributed by atoms with Gasteiger partial charge in [-0.05, 0) is 0 Å². The van der Waals surface area contributed by atoms with Gasteiger partial charge in [0.25, 0.3) is 0 Å². The molecule has 0 atom stereocenters. The molecule has 1 aromatic heterocycles. The fourth-order valence-corrected chi connectivity index (χ4v) is 1.32. The predicted octanol–water partition coefficient (Wildman–Crippen LogP) is 0.377. The van der Waals surface area contributed by atoms with Gasteiger partial charge in [-0.15, -0.1) is 11.3 Å². The molecule has 0 bridgehead atoms. The van der Waals surface area contributed by atoms with E-state index in [9.17, 15) is 4.79 Å². The second-order valence-corrected chi connectivity index (χ2v) is 2.70. The molecule has 3 nitrogen and oxygen atoms in total. The van der Waals surface area contributed by atoms with E-state index in [-0.39, 0.29) is 6.61 Å². The average molecular weight is 157 g/mol. The van der Waals surface area contributed by atoms with Crippen molar-refractivity contribution >= 4 is 17.6 Å². The van der Waals surface area contributed by atoms with Crippen LogP contribution >= 0.6 is 11.3 Å². The van der Waals surface area contributed by atoms with Crippen molar-refractivity contribution in [2.24, 2.45) is 0 Å². The first-order chi connectivity index (χ1) is 4.86. The summed E-state index contributed by atoms with van der Waals surface area (Å²) in [6.07, 6.45) is 1.16. The quantitative estimate of drug-likeness (QED) is 0.645. The highest BCUT2D eigenvalue weighted by atomic mass is 32.1. The number of carbonyl (C=O) groups is 1. The van der Waals surface area contributed by atoms with Crippen LogP contribution in [-0.4, -0.2) is 16.4 Å². The van der Waals surface area contributed by atoms with Crippen molar-refractivity contribution in [1.82, 2.24) is 4.98 Å². The van der Waals surface area contributed by atoms with E-state index in [0.29, 0.717) is 12.1 Å². The number of hydrogen-bond donors (Lipinski definition) is 1. The van der Waals surface area contributed by atoms with Crippen LogP contribution < -0.4 is 0 Å². The molecule has 0 aliphatic carbocycles. The zero-order valence-corrected chi connectivity index (χ0v) is 6.10. The number of hydrogen-bond acceptors (Lipinski definition) is 4. The Bertz CT molecular complexity index is 221. The van der Waals surface area contributed by atoms with Gasteiger partial charge in [0.15, 0.2) is 0 Å². The summed E-state index contributed by atoms with van der Waals surface area (Å²) >= 11 is 1.40. The molecule has 1 heterocycles. The lowest BCUT2D eigenvalue weighted by atomic mass is 10.5. The van der Waals surface area contributed by atoms with E-state index < -0.39 is 0 Å². The van der Waals surface area contributed by atoms with Crippen LogP contribution in [0.3, 0.4) is 0 Å². The van der Waals surface area contributed by atoms with E-state index in [1.807, 2.05) is 0 Å². The van der Waals surface area contributed by atoms with E-state index in [1.54, 1.807) is 5.38 Å². The molecule has 54 valence electrons. The average Bonchev–Trinajstić information content (AvgIpc) is 2.37. The summed E-state index contributed by atoms with van der Waals surface area (Å²) in [7, 11) is 0. The molecule has 0 spiro atoms. The van der Waals surface area contributed by atoms with Gasteiger partial charge >= 0.3 is 0 Å². The van der Waals surface area contributed by atoms with Crippen LogP contribution in [0.25, 0.3) is 0 Å². The lowest BCUT2D eigenvalue weighted by Gasteiger charge is -1.82. The first kappa shape index (κ1) is 7.37. The molecule has 0 unspecified atom stereocenters. The summed E-state index contributed by atoms with van der Waals surface area (Å²) in [6.45, 7) is -0.0463. The minimum absolute atomic E-state index is 0.0463. The highest BCUT2D eigenvalue weighted by molar-refractivity contribution is 7.09. The fourth-order valence-electron chi connectivity index (χ4n) is 0.587. The summed E-state index contributed by atoms with van der Waals surface area (Å²) in [5.74, 6) is 0. The van der Waals surface area contributed by atoms with Crippen molar-refractivity contribution < 1.29 is 9.90 Å². The molecule has 1 rings (SSSR count). The highest BCUT2D eigenvalue weighted by Crippen LogP contribution is 2.08. The van der Waals surface area contributed by atoms with Crippen LogP contribution in [0.4, 0.5) is 0 Å². The summed E-state index contributed by atoms with van der Waals surface area (Å²) in [4.78, 5) is 13.9. The molecule has 0 aliphatic heterocycles. The maximum Gasteiger partial charge on any atom is 0.126 e. The second kappa shape index (κ2) is 3.43. The van der Waals surface area contributed by atoms with E-state index in [1.165, 1.54) is 11.3 Å². The Hall–Kier alpha value is -0.740. The van der Waals surface area contributed by atoms with Crippen molar-refractivity contribution in [3.8, 4) is 0 Å². The van der Waals surface area contributed by atoms with Crippen LogP contribution in [-0.2, 0) is 17.8 Å². The van der Waals surface area contributed by atoms with E-state index in [0.717, 1.165) is 11.3 Å². The Morgan fingerprint density at radius 2 is 2.60 bits per heavy atom. The minimum atomic E-state index is -0.0463. The number of aromatic nitrogens is 1. The van der Waals surface area contributed by atoms with Crippen molar-refractivity contribution in [3.63, 3.8) is 0 Å². The van der Waals surface area contributed by atoms with Gasteiger partial charge in [-0.1, -0.05) is 0 Å². The number of aliphatic hydroxyl groups is 1. The number of aliphatic hydroxyl groups excluding tert-OH is 1. The lowest BCUT2D eigenvalue weighted by Crippen LogP contribution is -1.86. The van der Waals surface area contributed by atoms with E-state index in [4.69, 9.17) is 5.11 Å². The zero-order chi connectivity index (χ0) is 7.40. The molecule has 0 fully saturated rings. The van der Waals surface area contributed by atoms with Gasteiger partial charge in [0.2, 0.25) is 0 Å². The summed E-state index contributed by atoms with van der Waals surface area (Å²) < 4.78 is 0. The Balaban J connectivity index is 2.67. The van der Waals surface area contributed by atoms with Gasteiger partial charge in [0.1, 0.15) is 6.29 Å². The number of nitrogens with zero attached hydrogens (tertiary/aromatic N) is 1. The highest BCUT2D eigenvalue weighted by Gasteiger charge is 1.98. The number of carbonyl (C=O) groups excluding carboxylic acids is 1. The molecule has 0 saturated heterocycles. The first-order valence-electron chi connectivity index (χ1n) is 2.84. The Morgan fingerprint density at radius 1 is 1.80 bits per heavy atom. The lowest BCUT2D eigenvalue weighted by molar-refractivity contribution is -0.107. The zero-order valence-electron chi connectivity index (χ0n) is 5.28. The molecule has 1 aromatic rings. The first-order valence-corrected chi connectivity index (χ1v) is 3.72. The summed E-state index contributed by atoms with van der Waals surface area (Å²) in [6, 6.07) is 0. The summed E-state index contributed by atoms with van der Waals surface area (Å²) in [5, 5.41) is 11.1. The van der Waals surface area contributed by atoms with Gasteiger partial charge in [-0.3, -0.25) is 0 Å².